The van der Waals surface area contributed by atoms with E-state index in [0.29, 0.717) is 19.6 Å². The maximum absolute atomic E-state index is 13.1. The smallest absolute Gasteiger partial charge is 0.342 e. The van der Waals surface area contributed by atoms with Gasteiger partial charge < -0.3 is 20.5 Å². The van der Waals surface area contributed by atoms with Gasteiger partial charge in [-0.2, -0.15) is 9.78 Å². The van der Waals surface area contributed by atoms with Crippen molar-refractivity contribution < 1.29 is 19.4 Å². The summed E-state index contributed by atoms with van der Waals surface area (Å²) in [7, 11) is 1.57. The number of aromatic nitrogens is 2. The molecule has 2 heterocycles. The Kier molecular flexibility index (Phi) is 6.09. The average Bonchev–Trinajstić information content (AvgIpc) is 3.05. The first-order valence-electron chi connectivity index (χ1n) is 10.1. The van der Waals surface area contributed by atoms with Crippen LogP contribution in [-0.4, -0.2) is 52.6 Å². The number of hydrogen-bond acceptors (Lipinski definition) is 5. The SMILES string of the molecule is CNC(=O)[C@@H](NC(=O)n1nc(C2CCC(O)CC2)c2c1CCOC2)C(C)(C)C. The summed E-state index contributed by atoms with van der Waals surface area (Å²) < 4.78 is 7.06. The molecule has 28 heavy (non-hydrogen) atoms. The second-order valence-electron chi connectivity index (χ2n) is 8.89. The molecule has 0 bridgehead atoms. The molecule has 2 aliphatic rings. The molecular weight excluding hydrogens is 360 g/mol. The minimum Gasteiger partial charge on any atom is -0.393 e. The minimum atomic E-state index is -0.669. The number of carbonyl (C=O) groups is 2. The number of aliphatic hydroxyl groups excluding tert-OH is 1. The highest BCUT2D eigenvalue weighted by atomic mass is 16.5. The van der Waals surface area contributed by atoms with Gasteiger partial charge in [0.2, 0.25) is 5.91 Å². The van der Waals surface area contributed by atoms with Crippen LogP contribution < -0.4 is 10.6 Å². The van der Waals surface area contributed by atoms with Gasteiger partial charge in [-0.25, -0.2) is 4.79 Å². The lowest BCUT2D eigenvalue weighted by Crippen LogP contribution is -2.54. The highest BCUT2D eigenvalue weighted by Crippen LogP contribution is 2.36. The van der Waals surface area contributed by atoms with Gasteiger partial charge in [-0.1, -0.05) is 20.8 Å². The van der Waals surface area contributed by atoms with Crippen LogP contribution in [0.4, 0.5) is 4.79 Å². The Morgan fingerprint density at radius 1 is 1.25 bits per heavy atom. The predicted octanol–water partition coefficient (Wildman–Crippen LogP) is 1.69. The number of nitrogens with zero attached hydrogens (tertiary/aromatic N) is 2. The lowest BCUT2D eigenvalue weighted by atomic mass is 9.83. The van der Waals surface area contributed by atoms with E-state index >= 15 is 0 Å². The molecule has 0 spiro atoms. The van der Waals surface area contributed by atoms with Gasteiger partial charge in [-0.05, 0) is 31.1 Å². The van der Waals surface area contributed by atoms with E-state index in [1.807, 2.05) is 20.8 Å². The topological polar surface area (TPSA) is 105 Å². The number of ether oxygens (including phenoxy) is 1. The normalized spacial score (nSPS) is 23.6. The summed E-state index contributed by atoms with van der Waals surface area (Å²) in [6, 6.07) is -1.05. The van der Waals surface area contributed by atoms with Gasteiger partial charge in [0.15, 0.2) is 0 Å². The maximum atomic E-state index is 13.1. The fourth-order valence-corrected chi connectivity index (χ4v) is 4.11. The number of fused-ring (bicyclic) bond motifs is 1. The first-order valence-corrected chi connectivity index (χ1v) is 10.1. The van der Waals surface area contributed by atoms with Crippen molar-refractivity contribution in [1.82, 2.24) is 20.4 Å². The summed E-state index contributed by atoms with van der Waals surface area (Å²) in [6.45, 7) is 6.75. The van der Waals surface area contributed by atoms with Crippen molar-refractivity contribution in [2.75, 3.05) is 13.7 Å². The summed E-state index contributed by atoms with van der Waals surface area (Å²) in [6.07, 6.45) is 3.59. The molecule has 1 atom stereocenters. The monoisotopic (exact) mass is 392 g/mol. The summed E-state index contributed by atoms with van der Waals surface area (Å²) in [5.41, 5.74) is 2.34. The van der Waals surface area contributed by atoms with E-state index < -0.39 is 11.5 Å². The molecule has 2 amide bonds. The molecule has 1 saturated carbocycles. The molecule has 3 rings (SSSR count). The molecule has 1 aliphatic carbocycles. The number of amides is 2. The van der Waals surface area contributed by atoms with E-state index in [2.05, 4.69) is 15.7 Å². The van der Waals surface area contributed by atoms with E-state index in [1.165, 1.54) is 4.68 Å². The van der Waals surface area contributed by atoms with Gasteiger partial charge in [-0.3, -0.25) is 4.79 Å². The van der Waals surface area contributed by atoms with Crippen molar-refractivity contribution in [2.24, 2.45) is 5.41 Å². The molecule has 8 heteroatoms. The number of aliphatic hydroxyl groups is 1. The molecule has 156 valence electrons. The number of carbonyl (C=O) groups excluding carboxylic acids is 2. The molecule has 0 aromatic carbocycles. The molecule has 8 nitrogen and oxygen atoms in total. The summed E-state index contributed by atoms with van der Waals surface area (Å²) in [4.78, 5) is 25.4. The molecule has 1 fully saturated rings. The summed E-state index contributed by atoms with van der Waals surface area (Å²) in [5, 5.41) is 20.0. The lowest BCUT2D eigenvalue weighted by molar-refractivity contribution is -0.124. The number of hydrogen-bond donors (Lipinski definition) is 3. The Hall–Kier alpha value is -1.93. The molecule has 1 aromatic heterocycles. The maximum Gasteiger partial charge on any atom is 0.342 e. The van der Waals surface area contributed by atoms with Gasteiger partial charge >= 0.3 is 6.03 Å². The Morgan fingerprint density at radius 2 is 1.93 bits per heavy atom. The molecule has 0 unspecified atom stereocenters. The van der Waals surface area contributed by atoms with E-state index in [4.69, 9.17) is 4.74 Å². The quantitative estimate of drug-likeness (QED) is 0.726. The number of nitrogens with one attached hydrogen (secondary N) is 2. The Labute approximate surface area is 166 Å². The number of rotatable bonds is 3. The number of likely N-dealkylation sites (N-methyl/N-ethyl adjacent to an activating group) is 1. The molecule has 0 saturated heterocycles. The largest absolute Gasteiger partial charge is 0.393 e. The van der Waals surface area contributed by atoms with Crippen molar-refractivity contribution in [3.8, 4) is 0 Å². The van der Waals surface area contributed by atoms with Gasteiger partial charge in [0.25, 0.3) is 0 Å². The zero-order valence-corrected chi connectivity index (χ0v) is 17.2. The highest BCUT2D eigenvalue weighted by molar-refractivity contribution is 5.88. The Balaban J connectivity index is 1.89. The molecule has 1 aliphatic heterocycles. The zero-order valence-electron chi connectivity index (χ0n) is 17.2. The van der Waals surface area contributed by atoms with Crippen LogP contribution in [0.15, 0.2) is 0 Å². The Morgan fingerprint density at radius 3 is 2.54 bits per heavy atom. The Bertz CT molecular complexity index is 729. The third kappa shape index (κ3) is 4.22. The van der Waals surface area contributed by atoms with Gasteiger partial charge in [-0.15, -0.1) is 0 Å². The summed E-state index contributed by atoms with van der Waals surface area (Å²) in [5.74, 6) is -0.00282. The van der Waals surface area contributed by atoms with E-state index in [9.17, 15) is 14.7 Å². The highest BCUT2D eigenvalue weighted by Gasteiger charge is 2.35. The third-order valence-corrected chi connectivity index (χ3v) is 5.77. The van der Waals surface area contributed by atoms with Crippen LogP contribution in [0.5, 0.6) is 0 Å². The standard InChI is InChI=1S/C20H32N4O4/c1-20(2,3)17(18(26)21-4)22-19(27)24-15-9-10-28-11-14(15)16(23-24)12-5-7-13(25)8-6-12/h12-13,17,25H,5-11H2,1-4H3,(H,21,26)(H,22,27)/t12?,13?,17-/m1/s1. The third-order valence-electron chi connectivity index (χ3n) is 5.77. The van der Waals surface area contributed by atoms with Gasteiger partial charge in [0.05, 0.1) is 30.7 Å². The zero-order chi connectivity index (χ0) is 20.5. The van der Waals surface area contributed by atoms with Crippen molar-refractivity contribution in [3.63, 3.8) is 0 Å². The van der Waals surface area contributed by atoms with Crippen LogP contribution in [0.25, 0.3) is 0 Å². The van der Waals surface area contributed by atoms with Crippen LogP contribution in [0.3, 0.4) is 0 Å². The van der Waals surface area contributed by atoms with Crippen LogP contribution >= 0.6 is 0 Å². The fraction of sp³-hybridized carbons (Fsp3) is 0.750. The fourth-order valence-electron chi connectivity index (χ4n) is 4.11. The first-order chi connectivity index (χ1) is 13.2. The van der Waals surface area contributed by atoms with Crippen LogP contribution in [0.2, 0.25) is 0 Å². The van der Waals surface area contributed by atoms with Crippen molar-refractivity contribution in [1.29, 1.82) is 0 Å². The second-order valence-corrected chi connectivity index (χ2v) is 8.89. The van der Waals surface area contributed by atoms with Crippen molar-refractivity contribution in [2.45, 2.75) is 77.5 Å². The van der Waals surface area contributed by atoms with Crippen LogP contribution in [0.1, 0.15) is 69.3 Å². The summed E-state index contributed by atoms with van der Waals surface area (Å²) >= 11 is 0. The van der Waals surface area contributed by atoms with E-state index in [0.717, 1.165) is 42.6 Å². The van der Waals surface area contributed by atoms with Crippen LogP contribution in [-0.2, 0) is 22.6 Å². The van der Waals surface area contributed by atoms with E-state index in [1.54, 1.807) is 7.05 Å². The van der Waals surface area contributed by atoms with E-state index in [-0.39, 0.29) is 24.0 Å². The van der Waals surface area contributed by atoms with Gasteiger partial charge in [0, 0.05) is 24.9 Å². The lowest BCUT2D eigenvalue weighted by Gasteiger charge is -2.29. The molecule has 0 radical (unpaired) electrons. The predicted molar refractivity (Wildman–Crippen MR) is 104 cm³/mol. The molecule has 1 aromatic rings. The second kappa shape index (κ2) is 8.21. The molecular formula is C20H32N4O4. The minimum absolute atomic E-state index is 0.227. The first kappa shape index (κ1) is 20.8. The average molecular weight is 393 g/mol. The molecule has 3 N–H and O–H groups in total. The van der Waals surface area contributed by atoms with Crippen LogP contribution in [0, 0.1) is 5.41 Å². The van der Waals surface area contributed by atoms with Crippen molar-refractivity contribution >= 4 is 11.9 Å². The van der Waals surface area contributed by atoms with Crippen molar-refractivity contribution in [3.05, 3.63) is 17.0 Å². The van der Waals surface area contributed by atoms with Gasteiger partial charge in [0.1, 0.15) is 6.04 Å².